The Morgan fingerprint density at radius 1 is 0.731 bits per heavy atom. The lowest BCUT2D eigenvalue weighted by Crippen LogP contribution is -1.93. The minimum absolute atomic E-state index is 0.987. The number of para-hydroxylation sites is 1. The molecule has 6 rings (SSSR count). The van der Waals surface area contributed by atoms with Crippen LogP contribution in [-0.2, 0) is 13.0 Å². The van der Waals surface area contributed by atoms with Crippen LogP contribution >= 0.6 is 0 Å². The van der Waals surface area contributed by atoms with E-state index in [1.165, 1.54) is 54.8 Å². The first-order chi connectivity index (χ1) is 12.8. The van der Waals surface area contributed by atoms with Gasteiger partial charge in [0, 0.05) is 28.4 Å². The molecule has 1 aromatic heterocycles. The van der Waals surface area contributed by atoms with Gasteiger partial charge in [-0.05, 0) is 64.6 Å². The van der Waals surface area contributed by atoms with Crippen molar-refractivity contribution in [3.63, 3.8) is 0 Å². The highest BCUT2D eigenvalue weighted by atomic mass is 15.0. The van der Waals surface area contributed by atoms with E-state index in [-0.39, 0.29) is 0 Å². The second kappa shape index (κ2) is 4.98. The summed E-state index contributed by atoms with van der Waals surface area (Å²) in [5.74, 6) is 0. The van der Waals surface area contributed by atoms with Gasteiger partial charge in [0.05, 0.1) is 0 Å². The third-order valence-corrected chi connectivity index (χ3v) is 5.98. The minimum Gasteiger partial charge on any atom is -0.341 e. The summed E-state index contributed by atoms with van der Waals surface area (Å²) in [5, 5.41) is 5.44. The molecule has 1 heterocycles. The number of rotatable bonds is 1. The summed E-state index contributed by atoms with van der Waals surface area (Å²) in [6.45, 7) is 3.22. The van der Waals surface area contributed by atoms with E-state index < -0.39 is 0 Å². The molecule has 124 valence electrons. The lowest BCUT2D eigenvalue weighted by Gasteiger charge is -2.09. The smallest absolute Gasteiger partial charge is 0.0497 e. The molecule has 0 saturated carbocycles. The first-order valence-corrected chi connectivity index (χ1v) is 9.40. The van der Waals surface area contributed by atoms with E-state index in [0.717, 1.165) is 13.0 Å². The highest BCUT2D eigenvalue weighted by Crippen LogP contribution is 2.43. The summed E-state index contributed by atoms with van der Waals surface area (Å²) in [6, 6.07) is 27.1. The van der Waals surface area contributed by atoms with Gasteiger partial charge in [-0.2, -0.15) is 0 Å². The Morgan fingerprint density at radius 2 is 1.58 bits per heavy atom. The van der Waals surface area contributed by atoms with Gasteiger partial charge in [0.25, 0.3) is 0 Å². The van der Waals surface area contributed by atoms with Crippen molar-refractivity contribution in [1.29, 1.82) is 0 Å². The molecule has 0 spiro atoms. The molecule has 0 fully saturated rings. The van der Waals surface area contributed by atoms with Gasteiger partial charge in [-0.25, -0.2) is 0 Å². The van der Waals surface area contributed by atoms with Crippen LogP contribution in [0.3, 0.4) is 0 Å². The summed E-state index contributed by atoms with van der Waals surface area (Å²) in [6.07, 6.45) is 1.05. The van der Waals surface area contributed by atoms with Crippen LogP contribution in [0.25, 0.3) is 43.7 Å². The van der Waals surface area contributed by atoms with Gasteiger partial charge < -0.3 is 4.57 Å². The summed E-state index contributed by atoms with van der Waals surface area (Å²) in [5.41, 5.74) is 8.43. The fourth-order valence-electron chi connectivity index (χ4n) is 4.84. The Kier molecular flexibility index (Phi) is 2.71. The normalized spacial score (nSPS) is 12.8. The predicted molar refractivity (Wildman–Crippen MR) is 111 cm³/mol. The predicted octanol–water partition coefficient (Wildman–Crippen LogP) is 6.54. The summed E-state index contributed by atoms with van der Waals surface area (Å²) >= 11 is 0. The number of benzene rings is 4. The molecule has 0 unspecified atom stereocenters. The van der Waals surface area contributed by atoms with Gasteiger partial charge in [0.15, 0.2) is 0 Å². The highest BCUT2D eigenvalue weighted by molar-refractivity contribution is 6.15. The topological polar surface area (TPSA) is 4.93 Å². The van der Waals surface area contributed by atoms with Crippen LogP contribution in [0.15, 0.2) is 72.8 Å². The fraction of sp³-hybridized carbons (Fsp3) is 0.120. The van der Waals surface area contributed by atoms with Crippen molar-refractivity contribution in [2.75, 3.05) is 0 Å². The molecule has 4 aromatic carbocycles. The molecule has 0 N–H and O–H groups in total. The van der Waals surface area contributed by atoms with Gasteiger partial charge in [-0.15, -0.1) is 0 Å². The molecule has 0 saturated heterocycles. The number of fused-ring (bicyclic) bond motifs is 8. The lowest BCUT2D eigenvalue weighted by molar-refractivity contribution is 0.827. The highest BCUT2D eigenvalue weighted by Gasteiger charge is 2.21. The van der Waals surface area contributed by atoms with Crippen molar-refractivity contribution in [3.05, 3.63) is 83.9 Å². The van der Waals surface area contributed by atoms with E-state index in [2.05, 4.69) is 84.3 Å². The zero-order valence-corrected chi connectivity index (χ0v) is 14.8. The molecular weight excluding hydrogens is 314 g/mol. The van der Waals surface area contributed by atoms with Crippen LogP contribution in [0.1, 0.15) is 18.1 Å². The molecule has 0 bridgehead atoms. The van der Waals surface area contributed by atoms with Crippen LogP contribution in [-0.4, -0.2) is 4.57 Å². The molecule has 0 aliphatic heterocycles. The van der Waals surface area contributed by atoms with Gasteiger partial charge in [0.2, 0.25) is 0 Å². The van der Waals surface area contributed by atoms with Crippen LogP contribution in [0.4, 0.5) is 0 Å². The standard InChI is InChI=1S/C25H19N/c1-2-26-23-10-6-5-9-20(23)22-14-17-11-12-18-13-16-7-3-4-8-19(16)25(18)21(17)15-24(22)26/h3-12,14-15H,2,13H2,1H3. The van der Waals surface area contributed by atoms with E-state index in [1.807, 2.05) is 0 Å². The quantitative estimate of drug-likeness (QED) is 0.322. The van der Waals surface area contributed by atoms with Crippen molar-refractivity contribution in [2.45, 2.75) is 19.9 Å². The summed E-state index contributed by atoms with van der Waals surface area (Å²) in [7, 11) is 0. The first-order valence-electron chi connectivity index (χ1n) is 9.40. The largest absolute Gasteiger partial charge is 0.341 e. The molecule has 0 amide bonds. The van der Waals surface area contributed by atoms with E-state index in [4.69, 9.17) is 0 Å². The third-order valence-electron chi connectivity index (χ3n) is 5.98. The number of aromatic nitrogens is 1. The van der Waals surface area contributed by atoms with Crippen molar-refractivity contribution >= 4 is 32.6 Å². The van der Waals surface area contributed by atoms with Crippen LogP contribution in [0.5, 0.6) is 0 Å². The molecule has 1 aliphatic rings. The SMILES string of the molecule is CCn1c2ccccc2c2cc3ccc4c(c3cc21)-c1ccccc1C4. The number of aryl methyl sites for hydroxylation is 1. The van der Waals surface area contributed by atoms with Crippen LogP contribution in [0, 0.1) is 0 Å². The van der Waals surface area contributed by atoms with Gasteiger partial charge in [0.1, 0.15) is 0 Å². The number of hydrogen-bond acceptors (Lipinski definition) is 0. The number of nitrogens with zero attached hydrogens (tertiary/aromatic N) is 1. The average Bonchev–Trinajstić information content (AvgIpc) is 3.21. The average molecular weight is 333 g/mol. The van der Waals surface area contributed by atoms with Crippen LogP contribution < -0.4 is 0 Å². The van der Waals surface area contributed by atoms with Gasteiger partial charge >= 0.3 is 0 Å². The molecule has 1 nitrogen and oxygen atoms in total. The monoisotopic (exact) mass is 333 g/mol. The van der Waals surface area contributed by atoms with Crippen molar-refractivity contribution in [3.8, 4) is 11.1 Å². The molecule has 1 aliphatic carbocycles. The Morgan fingerprint density at radius 3 is 2.50 bits per heavy atom. The van der Waals surface area contributed by atoms with Crippen molar-refractivity contribution < 1.29 is 0 Å². The molecule has 5 aromatic rings. The Bertz CT molecular complexity index is 1340. The summed E-state index contributed by atoms with van der Waals surface area (Å²) < 4.78 is 2.45. The molecule has 26 heavy (non-hydrogen) atoms. The van der Waals surface area contributed by atoms with Crippen molar-refractivity contribution in [1.82, 2.24) is 4.57 Å². The third kappa shape index (κ3) is 1.70. The fourth-order valence-corrected chi connectivity index (χ4v) is 4.84. The Hall–Kier alpha value is -3.06. The maximum atomic E-state index is 2.45. The van der Waals surface area contributed by atoms with E-state index in [1.54, 1.807) is 0 Å². The number of hydrogen-bond donors (Lipinski definition) is 0. The minimum atomic E-state index is 0.987. The second-order valence-corrected chi connectivity index (χ2v) is 7.29. The molecule has 1 heteroatoms. The van der Waals surface area contributed by atoms with Crippen molar-refractivity contribution in [2.24, 2.45) is 0 Å². The van der Waals surface area contributed by atoms with E-state index in [0.29, 0.717) is 0 Å². The molecular formula is C25H19N. The second-order valence-electron chi connectivity index (χ2n) is 7.29. The zero-order chi connectivity index (χ0) is 17.3. The summed E-state index contributed by atoms with van der Waals surface area (Å²) in [4.78, 5) is 0. The first kappa shape index (κ1) is 14.1. The zero-order valence-electron chi connectivity index (χ0n) is 14.8. The maximum Gasteiger partial charge on any atom is 0.0497 e. The molecule has 0 radical (unpaired) electrons. The van der Waals surface area contributed by atoms with Crippen LogP contribution in [0.2, 0.25) is 0 Å². The lowest BCUT2D eigenvalue weighted by atomic mass is 9.96. The maximum absolute atomic E-state index is 2.45. The van der Waals surface area contributed by atoms with Gasteiger partial charge in [-0.1, -0.05) is 54.6 Å². The molecule has 0 atom stereocenters. The van der Waals surface area contributed by atoms with E-state index >= 15 is 0 Å². The van der Waals surface area contributed by atoms with E-state index in [9.17, 15) is 0 Å². The van der Waals surface area contributed by atoms with Gasteiger partial charge in [-0.3, -0.25) is 0 Å². The Labute approximate surface area is 152 Å². The Balaban J connectivity index is 1.80.